The third-order valence-electron chi connectivity index (χ3n) is 6.09. The number of anilines is 1. The first-order valence-corrected chi connectivity index (χ1v) is 12.3. The molecule has 5 rings (SSSR count). The van der Waals surface area contributed by atoms with E-state index >= 15 is 0 Å². The summed E-state index contributed by atoms with van der Waals surface area (Å²) < 4.78 is 14.0. The van der Waals surface area contributed by atoms with E-state index in [1.165, 1.54) is 18.1 Å². The van der Waals surface area contributed by atoms with E-state index in [2.05, 4.69) is 35.8 Å². The summed E-state index contributed by atoms with van der Waals surface area (Å²) in [5, 5.41) is 12.3. The standard InChI is InChI=1S/C21H23BrN6O4S/c22-13-7-14-15(32-10-31-14)8-16(13)33-20-27-17-18(23)24-9-25-19(17)28(20)6-5-11-1-3-12(4-2-11)26-21(29)30/h7-9,11-12,26H,1-6,10H2,(H,29,30)(H2,23,24,25). The molecule has 10 nitrogen and oxygen atoms in total. The number of halogens is 1. The average Bonchev–Trinajstić information content (AvgIpc) is 3.38. The third-order valence-corrected chi connectivity index (χ3v) is 8.06. The van der Waals surface area contributed by atoms with Gasteiger partial charge in [-0.25, -0.2) is 19.7 Å². The number of fused-ring (bicyclic) bond motifs is 2. The SMILES string of the molecule is Nc1ncnc2c1nc(Sc1cc3c(cc1Br)OCO3)n2CCC1CCC(NC(=O)O)CC1. The number of rotatable bonds is 6. The Hall–Kier alpha value is -2.73. The van der Waals surface area contributed by atoms with Crippen molar-refractivity contribution < 1.29 is 19.4 Å². The Balaban J connectivity index is 1.36. The highest BCUT2D eigenvalue weighted by Gasteiger charge is 2.24. The number of hydrogen-bond acceptors (Lipinski definition) is 8. The van der Waals surface area contributed by atoms with Crippen LogP contribution in [0.25, 0.3) is 11.2 Å². The maximum absolute atomic E-state index is 10.9. The van der Waals surface area contributed by atoms with Crippen LogP contribution in [0.5, 0.6) is 11.5 Å². The number of carboxylic acid groups (broad SMARTS) is 1. The van der Waals surface area contributed by atoms with Crippen molar-refractivity contribution in [1.29, 1.82) is 0 Å². The Kier molecular flexibility index (Phi) is 6.19. The average molecular weight is 535 g/mol. The van der Waals surface area contributed by atoms with E-state index in [0.29, 0.717) is 34.4 Å². The highest BCUT2D eigenvalue weighted by molar-refractivity contribution is 9.10. The molecule has 0 spiro atoms. The van der Waals surface area contributed by atoms with Crippen LogP contribution < -0.4 is 20.5 Å². The van der Waals surface area contributed by atoms with Gasteiger partial charge in [0.1, 0.15) is 6.33 Å². The largest absolute Gasteiger partial charge is 0.465 e. The summed E-state index contributed by atoms with van der Waals surface area (Å²) in [4.78, 5) is 25.2. The lowest BCUT2D eigenvalue weighted by molar-refractivity contribution is 0.174. The quantitative estimate of drug-likeness (QED) is 0.423. The number of ether oxygens (including phenoxy) is 2. The van der Waals surface area contributed by atoms with Gasteiger partial charge in [0, 0.05) is 22.0 Å². The molecule has 174 valence electrons. The van der Waals surface area contributed by atoms with Crippen molar-refractivity contribution in [1.82, 2.24) is 24.8 Å². The van der Waals surface area contributed by atoms with Gasteiger partial charge in [-0.15, -0.1) is 0 Å². The van der Waals surface area contributed by atoms with Crippen molar-refractivity contribution in [2.45, 2.75) is 54.7 Å². The van der Waals surface area contributed by atoms with Crippen LogP contribution in [-0.4, -0.2) is 43.6 Å². The second-order valence-corrected chi connectivity index (χ2v) is 10.0. The van der Waals surface area contributed by atoms with Gasteiger partial charge in [-0.3, -0.25) is 0 Å². The third kappa shape index (κ3) is 4.67. The smallest absolute Gasteiger partial charge is 0.404 e. The van der Waals surface area contributed by atoms with E-state index in [-0.39, 0.29) is 12.8 Å². The Morgan fingerprint density at radius 3 is 2.76 bits per heavy atom. The number of aromatic nitrogens is 4. The molecular formula is C21H23BrN6O4S. The van der Waals surface area contributed by atoms with E-state index in [4.69, 9.17) is 25.3 Å². The Labute approximate surface area is 202 Å². The number of aryl methyl sites for hydroxylation is 1. The molecule has 0 unspecified atom stereocenters. The number of nitrogens with one attached hydrogen (secondary N) is 1. The van der Waals surface area contributed by atoms with E-state index in [1.54, 1.807) is 0 Å². The fraction of sp³-hybridized carbons (Fsp3) is 0.429. The molecule has 1 aliphatic carbocycles. The van der Waals surface area contributed by atoms with Crippen LogP contribution >= 0.6 is 27.7 Å². The van der Waals surface area contributed by atoms with E-state index in [0.717, 1.165) is 53.2 Å². The van der Waals surface area contributed by atoms with Gasteiger partial charge in [-0.1, -0.05) is 11.8 Å². The molecule has 3 aromatic rings. The Bertz CT molecular complexity index is 1200. The fourth-order valence-corrected chi connectivity index (χ4v) is 5.88. The summed E-state index contributed by atoms with van der Waals surface area (Å²) in [6, 6.07) is 3.89. The Morgan fingerprint density at radius 2 is 2.00 bits per heavy atom. The summed E-state index contributed by atoms with van der Waals surface area (Å²) >= 11 is 5.13. The molecule has 1 fully saturated rings. The van der Waals surface area contributed by atoms with E-state index in [1.807, 2.05) is 12.1 Å². The molecule has 33 heavy (non-hydrogen) atoms. The van der Waals surface area contributed by atoms with Crippen LogP contribution in [0, 0.1) is 5.92 Å². The van der Waals surface area contributed by atoms with Gasteiger partial charge in [0.05, 0.1) is 0 Å². The zero-order valence-electron chi connectivity index (χ0n) is 17.7. The van der Waals surface area contributed by atoms with Gasteiger partial charge < -0.3 is 30.2 Å². The lowest BCUT2D eigenvalue weighted by Gasteiger charge is -2.28. The van der Waals surface area contributed by atoms with Gasteiger partial charge in [0.25, 0.3) is 0 Å². The van der Waals surface area contributed by atoms with Gasteiger partial charge in [-0.05, 0) is 66.1 Å². The van der Waals surface area contributed by atoms with Gasteiger partial charge >= 0.3 is 6.09 Å². The van der Waals surface area contributed by atoms with Crippen molar-refractivity contribution >= 4 is 50.8 Å². The molecule has 4 N–H and O–H groups in total. The summed E-state index contributed by atoms with van der Waals surface area (Å²) in [5.74, 6) is 2.28. The van der Waals surface area contributed by atoms with Crippen molar-refractivity contribution in [3.8, 4) is 11.5 Å². The zero-order valence-corrected chi connectivity index (χ0v) is 20.1. The van der Waals surface area contributed by atoms with Gasteiger partial charge in [0.2, 0.25) is 6.79 Å². The molecule has 1 aliphatic heterocycles. The predicted octanol–water partition coefficient (Wildman–Crippen LogP) is 4.27. The van der Waals surface area contributed by atoms with Crippen LogP contribution in [0.3, 0.4) is 0 Å². The molecule has 12 heteroatoms. The fourth-order valence-electron chi connectivity index (χ4n) is 4.37. The summed E-state index contributed by atoms with van der Waals surface area (Å²) in [6.07, 6.45) is 5.17. The Morgan fingerprint density at radius 1 is 1.24 bits per heavy atom. The molecule has 2 aliphatic rings. The van der Waals surface area contributed by atoms with E-state index < -0.39 is 6.09 Å². The lowest BCUT2D eigenvalue weighted by atomic mass is 9.84. The first-order chi connectivity index (χ1) is 16.0. The normalized spacial score (nSPS) is 19.7. The minimum atomic E-state index is -0.947. The number of hydrogen-bond donors (Lipinski definition) is 3. The highest BCUT2D eigenvalue weighted by atomic mass is 79.9. The topological polar surface area (TPSA) is 137 Å². The van der Waals surface area contributed by atoms with Crippen molar-refractivity contribution in [2.24, 2.45) is 5.92 Å². The number of nitrogen functional groups attached to an aromatic ring is 1. The first-order valence-electron chi connectivity index (χ1n) is 10.7. The van der Waals surface area contributed by atoms with Crippen molar-refractivity contribution in [3.05, 3.63) is 22.9 Å². The molecule has 0 bridgehead atoms. The molecule has 0 atom stereocenters. The minimum absolute atomic E-state index is 0.0508. The molecular weight excluding hydrogens is 512 g/mol. The van der Waals surface area contributed by atoms with Crippen LogP contribution in [0.15, 0.2) is 33.0 Å². The summed E-state index contributed by atoms with van der Waals surface area (Å²) in [5.41, 5.74) is 7.39. The molecule has 0 saturated heterocycles. The zero-order chi connectivity index (χ0) is 22.9. The number of benzene rings is 1. The van der Waals surface area contributed by atoms with E-state index in [9.17, 15) is 4.79 Å². The summed E-state index contributed by atoms with van der Waals surface area (Å²) in [6.45, 7) is 0.948. The van der Waals surface area contributed by atoms with Crippen molar-refractivity contribution in [3.63, 3.8) is 0 Å². The number of nitrogens with zero attached hydrogens (tertiary/aromatic N) is 4. The van der Waals surface area contributed by atoms with Gasteiger partial charge in [-0.2, -0.15) is 0 Å². The molecule has 1 saturated carbocycles. The number of nitrogens with two attached hydrogens (primary N) is 1. The second kappa shape index (κ2) is 9.26. The monoisotopic (exact) mass is 534 g/mol. The molecule has 1 amide bonds. The number of amides is 1. The summed E-state index contributed by atoms with van der Waals surface area (Å²) in [7, 11) is 0. The molecule has 2 aromatic heterocycles. The van der Waals surface area contributed by atoms with Crippen LogP contribution in [-0.2, 0) is 6.54 Å². The first kappa shape index (κ1) is 22.1. The van der Waals surface area contributed by atoms with Crippen LogP contribution in [0.4, 0.5) is 10.6 Å². The molecule has 0 radical (unpaired) electrons. The van der Waals surface area contributed by atoms with Crippen LogP contribution in [0.2, 0.25) is 0 Å². The molecule has 1 aromatic carbocycles. The van der Waals surface area contributed by atoms with Crippen molar-refractivity contribution in [2.75, 3.05) is 12.5 Å². The lowest BCUT2D eigenvalue weighted by Crippen LogP contribution is -2.36. The number of carbonyl (C=O) groups is 1. The predicted molar refractivity (Wildman–Crippen MR) is 126 cm³/mol. The van der Waals surface area contributed by atoms with Gasteiger partial charge in [0.15, 0.2) is 33.6 Å². The molecule has 3 heterocycles. The van der Waals surface area contributed by atoms with Crippen LogP contribution in [0.1, 0.15) is 32.1 Å². The second-order valence-electron chi connectivity index (χ2n) is 8.17. The minimum Gasteiger partial charge on any atom is -0.465 e. The highest BCUT2D eigenvalue weighted by Crippen LogP contribution is 2.43. The maximum atomic E-state index is 10.9. The maximum Gasteiger partial charge on any atom is 0.404 e. The number of imidazole rings is 1.